The third kappa shape index (κ3) is 2.81. The molecule has 0 amide bonds. The van der Waals surface area contributed by atoms with Gasteiger partial charge >= 0.3 is 0 Å². The SMILES string of the molecule is Cc1ccc(SCCO)c(Br)c1. The Balaban J connectivity index is 2.72. The van der Waals surface area contributed by atoms with Crippen molar-refractivity contribution in [2.24, 2.45) is 0 Å². The fourth-order valence-electron chi connectivity index (χ4n) is 0.879. The molecule has 0 bridgehead atoms. The zero-order valence-electron chi connectivity index (χ0n) is 6.88. The predicted octanol–water partition coefficient (Wildman–Crippen LogP) is 2.84. The Bertz CT molecular complexity index is 263. The lowest BCUT2D eigenvalue weighted by Crippen LogP contribution is -1.86. The van der Waals surface area contributed by atoms with Gasteiger partial charge in [-0.2, -0.15) is 0 Å². The van der Waals surface area contributed by atoms with Crippen molar-refractivity contribution in [2.75, 3.05) is 12.4 Å². The number of aliphatic hydroxyl groups excluding tert-OH is 1. The van der Waals surface area contributed by atoms with Gasteiger partial charge in [-0.3, -0.25) is 0 Å². The van der Waals surface area contributed by atoms with E-state index < -0.39 is 0 Å². The Kier molecular flexibility index (Phi) is 4.12. The molecule has 0 saturated carbocycles. The molecule has 66 valence electrons. The lowest BCUT2D eigenvalue weighted by atomic mass is 10.2. The molecule has 3 heteroatoms. The summed E-state index contributed by atoms with van der Waals surface area (Å²) in [6.07, 6.45) is 0. The van der Waals surface area contributed by atoms with Crippen molar-refractivity contribution in [1.82, 2.24) is 0 Å². The van der Waals surface area contributed by atoms with E-state index in [0.29, 0.717) is 0 Å². The standard InChI is InChI=1S/C9H11BrOS/c1-7-2-3-9(8(10)6-7)12-5-4-11/h2-3,6,11H,4-5H2,1H3. The largest absolute Gasteiger partial charge is 0.396 e. The van der Waals surface area contributed by atoms with E-state index in [1.807, 2.05) is 0 Å². The molecular formula is C9H11BrOS. The highest BCUT2D eigenvalue weighted by Gasteiger charge is 1.99. The van der Waals surface area contributed by atoms with Gasteiger partial charge in [0.25, 0.3) is 0 Å². The summed E-state index contributed by atoms with van der Waals surface area (Å²) in [5, 5.41) is 8.64. The second-order valence-corrected chi connectivity index (χ2v) is 4.50. The van der Waals surface area contributed by atoms with Gasteiger partial charge in [0.2, 0.25) is 0 Å². The molecule has 0 fully saturated rings. The highest BCUT2D eigenvalue weighted by Crippen LogP contribution is 2.27. The smallest absolute Gasteiger partial charge is 0.0525 e. The Labute approximate surface area is 85.3 Å². The lowest BCUT2D eigenvalue weighted by molar-refractivity contribution is 0.322. The van der Waals surface area contributed by atoms with Gasteiger partial charge in [-0.05, 0) is 40.5 Å². The van der Waals surface area contributed by atoms with E-state index in [4.69, 9.17) is 5.11 Å². The molecular weight excluding hydrogens is 236 g/mol. The number of benzene rings is 1. The van der Waals surface area contributed by atoms with Crippen LogP contribution in [0.15, 0.2) is 27.6 Å². The third-order valence-electron chi connectivity index (χ3n) is 1.44. The van der Waals surface area contributed by atoms with Gasteiger partial charge in [0, 0.05) is 15.1 Å². The second kappa shape index (κ2) is 4.90. The van der Waals surface area contributed by atoms with Crippen LogP contribution >= 0.6 is 27.7 Å². The van der Waals surface area contributed by atoms with Crippen LogP contribution in [0.5, 0.6) is 0 Å². The molecule has 0 atom stereocenters. The minimum atomic E-state index is 0.227. The normalized spacial score (nSPS) is 10.2. The molecule has 0 radical (unpaired) electrons. The average molecular weight is 247 g/mol. The number of hydrogen-bond donors (Lipinski definition) is 1. The number of halogens is 1. The van der Waals surface area contributed by atoms with E-state index in [1.165, 1.54) is 10.5 Å². The van der Waals surface area contributed by atoms with E-state index in [-0.39, 0.29) is 6.61 Å². The number of rotatable bonds is 3. The molecule has 12 heavy (non-hydrogen) atoms. The molecule has 0 aliphatic heterocycles. The van der Waals surface area contributed by atoms with Gasteiger partial charge in [-0.25, -0.2) is 0 Å². The summed E-state index contributed by atoms with van der Waals surface area (Å²) in [5.74, 6) is 0.752. The van der Waals surface area contributed by atoms with Crippen molar-refractivity contribution >= 4 is 27.7 Å². The Morgan fingerprint density at radius 2 is 2.25 bits per heavy atom. The first-order valence-corrected chi connectivity index (χ1v) is 5.51. The van der Waals surface area contributed by atoms with E-state index in [9.17, 15) is 0 Å². The number of hydrogen-bond acceptors (Lipinski definition) is 2. The molecule has 1 N–H and O–H groups in total. The topological polar surface area (TPSA) is 20.2 Å². The zero-order valence-corrected chi connectivity index (χ0v) is 9.28. The summed E-state index contributed by atoms with van der Waals surface area (Å²) in [6.45, 7) is 2.29. The van der Waals surface area contributed by atoms with E-state index in [2.05, 4.69) is 41.1 Å². The summed E-state index contributed by atoms with van der Waals surface area (Å²) >= 11 is 5.13. The second-order valence-electron chi connectivity index (χ2n) is 2.51. The molecule has 0 aliphatic rings. The van der Waals surface area contributed by atoms with Gasteiger partial charge in [-0.15, -0.1) is 11.8 Å². The minimum Gasteiger partial charge on any atom is -0.396 e. The maximum Gasteiger partial charge on any atom is 0.0525 e. The van der Waals surface area contributed by atoms with Gasteiger partial charge < -0.3 is 5.11 Å². The third-order valence-corrected chi connectivity index (χ3v) is 3.41. The Morgan fingerprint density at radius 1 is 1.50 bits per heavy atom. The van der Waals surface area contributed by atoms with Crippen molar-refractivity contribution in [2.45, 2.75) is 11.8 Å². The van der Waals surface area contributed by atoms with Crippen LogP contribution in [0, 0.1) is 6.92 Å². The van der Waals surface area contributed by atoms with Gasteiger partial charge in [0.15, 0.2) is 0 Å². The van der Waals surface area contributed by atoms with Crippen LogP contribution in [-0.4, -0.2) is 17.5 Å². The number of thioether (sulfide) groups is 1. The average Bonchev–Trinajstić information content (AvgIpc) is 2.03. The van der Waals surface area contributed by atoms with E-state index in [0.717, 1.165) is 10.2 Å². The highest BCUT2D eigenvalue weighted by atomic mass is 79.9. The summed E-state index contributed by atoms with van der Waals surface area (Å²) in [4.78, 5) is 1.19. The molecule has 1 aromatic carbocycles. The van der Waals surface area contributed by atoms with Crippen molar-refractivity contribution in [3.63, 3.8) is 0 Å². The van der Waals surface area contributed by atoms with E-state index in [1.54, 1.807) is 11.8 Å². The van der Waals surface area contributed by atoms with Gasteiger partial charge in [0.1, 0.15) is 0 Å². The van der Waals surface area contributed by atoms with Crippen LogP contribution in [0.4, 0.5) is 0 Å². The summed E-state index contributed by atoms with van der Waals surface area (Å²) in [6, 6.07) is 6.23. The van der Waals surface area contributed by atoms with Gasteiger partial charge in [-0.1, -0.05) is 6.07 Å². The molecule has 0 unspecified atom stereocenters. The summed E-state index contributed by atoms with van der Waals surface area (Å²) in [5.41, 5.74) is 1.25. The lowest BCUT2D eigenvalue weighted by Gasteiger charge is -2.03. The first-order valence-electron chi connectivity index (χ1n) is 3.74. The quantitative estimate of drug-likeness (QED) is 0.829. The van der Waals surface area contributed by atoms with Crippen molar-refractivity contribution in [1.29, 1.82) is 0 Å². The van der Waals surface area contributed by atoms with Crippen molar-refractivity contribution in [3.8, 4) is 0 Å². The molecule has 0 spiro atoms. The van der Waals surface area contributed by atoms with Crippen LogP contribution < -0.4 is 0 Å². The number of aliphatic hydroxyl groups is 1. The van der Waals surface area contributed by atoms with Crippen molar-refractivity contribution < 1.29 is 5.11 Å². The monoisotopic (exact) mass is 246 g/mol. The Hall–Kier alpha value is 0.01000. The fourth-order valence-corrected chi connectivity index (χ4v) is 2.39. The Morgan fingerprint density at radius 3 is 2.83 bits per heavy atom. The predicted molar refractivity (Wildman–Crippen MR) is 56.7 cm³/mol. The van der Waals surface area contributed by atoms with E-state index >= 15 is 0 Å². The van der Waals surface area contributed by atoms with Crippen LogP contribution in [0.25, 0.3) is 0 Å². The summed E-state index contributed by atoms with van der Waals surface area (Å²) < 4.78 is 1.11. The molecule has 0 aliphatic carbocycles. The first kappa shape index (κ1) is 10.1. The van der Waals surface area contributed by atoms with Crippen LogP contribution in [0.3, 0.4) is 0 Å². The molecule has 1 aromatic rings. The molecule has 0 saturated heterocycles. The highest BCUT2D eigenvalue weighted by molar-refractivity contribution is 9.10. The molecule has 1 nitrogen and oxygen atoms in total. The summed E-state index contributed by atoms with van der Waals surface area (Å²) in [7, 11) is 0. The zero-order chi connectivity index (χ0) is 8.97. The molecule has 1 rings (SSSR count). The molecule has 0 aromatic heterocycles. The van der Waals surface area contributed by atoms with Crippen LogP contribution in [0.2, 0.25) is 0 Å². The van der Waals surface area contributed by atoms with Crippen molar-refractivity contribution in [3.05, 3.63) is 28.2 Å². The maximum absolute atomic E-state index is 8.64. The van der Waals surface area contributed by atoms with Crippen LogP contribution in [0.1, 0.15) is 5.56 Å². The first-order chi connectivity index (χ1) is 5.74. The van der Waals surface area contributed by atoms with Crippen LogP contribution in [-0.2, 0) is 0 Å². The maximum atomic E-state index is 8.64. The molecule has 0 heterocycles. The minimum absolute atomic E-state index is 0.227. The number of aryl methyl sites for hydroxylation is 1. The fraction of sp³-hybridized carbons (Fsp3) is 0.333. The van der Waals surface area contributed by atoms with Gasteiger partial charge in [0.05, 0.1) is 6.61 Å².